The van der Waals surface area contributed by atoms with Crippen LogP contribution >= 0.6 is 0 Å². The Morgan fingerprint density at radius 1 is 0.431 bits per heavy atom. The Kier molecular flexibility index (Phi) is 8.83. The zero-order valence-corrected chi connectivity index (χ0v) is 39.4. The highest BCUT2D eigenvalue weighted by Gasteiger charge is 2.33. The van der Waals surface area contributed by atoms with Gasteiger partial charge in [-0.3, -0.25) is 0 Å². The lowest BCUT2D eigenvalue weighted by molar-refractivity contribution is 0.481. The monoisotopic (exact) mass is 927 g/mol. The third-order valence-electron chi connectivity index (χ3n) is 14.8. The highest BCUT2D eigenvalue weighted by molar-refractivity contribution is 6.22. The van der Waals surface area contributed by atoms with Gasteiger partial charge in [-0.25, -0.2) is 4.68 Å². The number of fused-ring (bicyclic) bond motifs is 13. The van der Waals surface area contributed by atoms with Crippen LogP contribution in [0.4, 0.5) is 22.7 Å². The molecule has 0 aliphatic carbocycles. The molecule has 5 heterocycles. The fourth-order valence-electron chi connectivity index (χ4n) is 11.8. The van der Waals surface area contributed by atoms with Crippen molar-refractivity contribution >= 4 is 72.7 Å². The van der Waals surface area contributed by atoms with Gasteiger partial charge < -0.3 is 24.0 Å². The van der Waals surface area contributed by atoms with Crippen LogP contribution in [-0.4, -0.2) is 40.9 Å². The van der Waals surface area contributed by atoms with Gasteiger partial charge in [0.2, 0.25) is 0 Å². The van der Waals surface area contributed by atoms with Gasteiger partial charge >= 0.3 is 0 Å². The summed E-state index contributed by atoms with van der Waals surface area (Å²) in [6, 6.07) is 80.9. The van der Waals surface area contributed by atoms with E-state index in [1.807, 2.05) is 6.34 Å². The van der Waals surface area contributed by atoms with Crippen LogP contribution in [0.1, 0.15) is 0 Å². The summed E-state index contributed by atoms with van der Waals surface area (Å²) in [7, 11) is 2.06. The Morgan fingerprint density at radius 2 is 1.07 bits per heavy atom. The van der Waals surface area contributed by atoms with E-state index < -0.39 is 0 Å². The van der Waals surface area contributed by atoms with Crippen molar-refractivity contribution in [2.75, 3.05) is 35.3 Å². The zero-order valence-electron chi connectivity index (χ0n) is 39.4. The Hall–Kier alpha value is -9.53. The number of nitrogens with zero attached hydrogens (tertiary/aromatic N) is 7. The fourth-order valence-corrected chi connectivity index (χ4v) is 11.8. The second-order valence-corrected chi connectivity index (χ2v) is 19.0. The molecule has 0 spiro atoms. The van der Waals surface area contributed by atoms with Crippen molar-refractivity contribution in [3.8, 4) is 61.7 Å². The molecule has 10 aromatic carbocycles. The largest absolute Gasteiger partial charge is 0.457 e. The Bertz CT molecular complexity index is 4140. The van der Waals surface area contributed by atoms with Gasteiger partial charge in [-0.1, -0.05) is 158 Å². The molecule has 72 heavy (non-hydrogen) atoms. The molecule has 0 N–H and O–H groups in total. The van der Waals surface area contributed by atoms with Crippen LogP contribution in [0.25, 0.3) is 93.8 Å². The molecule has 0 bridgehead atoms. The topological polar surface area (TPSA) is 44.4 Å². The first kappa shape index (κ1) is 40.4. The van der Waals surface area contributed by atoms with E-state index in [-0.39, 0.29) is 0 Å². The number of hydrogen-bond donors (Lipinski definition) is 0. The van der Waals surface area contributed by atoms with Gasteiger partial charge in [0.05, 0.1) is 44.8 Å². The van der Waals surface area contributed by atoms with Crippen molar-refractivity contribution in [3.05, 3.63) is 224 Å². The van der Waals surface area contributed by atoms with E-state index in [0.717, 1.165) is 50.7 Å². The molecule has 0 fully saturated rings. The summed E-state index contributed by atoms with van der Waals surface area (Å²) in [4.78, 5) is 6.96. The van der Waals surface area contributed by atoms with E-state index in [4.69, 9.17) is 9.84 Å². The maximum Gasteiger partial charge on any atom is 0.131 e. The molecule has 0 saturated carbocycles. The molecule has 8 nitrogen and oxygen atoms in total. The molecule has 15 rings (SSSR count). The van der Waals surface area contributed by atoms with Crippen LogP contribution < -0.4 is 19.7 Å². The number of para-hydroxylation sites is 5. The number of rotatable bonds is 7. The van der Waals surface area contributed by atoms with Crippen LogP contribution in [0.5, 0.6) is 11.5 Å². The van der Waals surface area contributed by atoms with Gasteiger partial charge in [0.1, 0.15) is 31.2 Å². The Balaban J connectivity index is 0.857. The van der Waals surface area contributed by atoms with Gasteiger partial charge in [-0.05, 0) is 76.9 Å². The summed E-state index contributed by atoms with van der Waals surface area (Å²) < 4.78 is 11.7. The van der Waals surface area contributed by atoms with E-state index >= 15 is 0 Å². The third-order valence-corrected chi connectivity index (χ3v) is 14.8. The molecule has 0 atom stereocenters. The Morgan fingerprint density at radius 3 is 1.85 bits per heavy atom. The van der Waals surface area contributed by atoms with E-state index in [0.29, 0.717) is 13.3 Å². The van der Waals surface area contributed by atoms with Crippen molar-refractivity contribution in [2.45, 2.75) is 0 Å². The van der Waals surface area contributed by atoms with Crippen molar-refractivity contribution in [2.24, 2.45) is 5.10 Å². The SMILES string of the molecule is CN1C=NN(n2c3cc(Oc4cccc(N5CN(c6c(-c7ccccc7)cccc6-c6ccccc6)c6ccccc65)c4)ccc3c3c4c(ccc32)-n2c3ccccc3c3cccc(c32)-c2ccccc2-4)C1. The smallest absolute Gasteiger partial charge is 0.131 e. The lowest BCUT2D eigenvalue weighted by atomic mass is 9.91. The maximum atomic E-state index is 6.96. The van der Waals surface area contributed by atoms with Crippen molar-refractivity contribution in [3.63, 3.8) is 0 Å². The van der Waals surface area contributed by atoms with Gasteiger partial charge in [-0.2, -0.15) is 5.12 Å². The molecular formula is C64H45N7O. The van der Waals surface area contributed by atoms with Gasteiger partial charge in [-0.15, -0.1) is 5.10 Å². The average molecular weight is 928 g/mol. The predicted octanol–water partition coefficient (Wildman–Crippen LogP) is 15.7. The van der Waals surface area contributed by atoms with Gasteiger partial charge in [0.15, 0.2) is 0 Å². The summed E-state index contributed by atoms with van der Waals surface area (Å²) in [5.74, 6) is 1.49. The standard InChI is InChI=1S/C64H45N7O/c1-66-39-65-69(40-66)71-59-36-35-58-61(51-25-9-8-23-49(51)52-28-16-29-53-50-24-10-11-30-55(50)70(58)64(52)53)62(59)54-34-33-46(38-60(54)71)72-45-22-14-21-44(37-45)67-41-68(57-32-13-12-31-56(57)67)63-47(42-17-4-2-5-18-42)26-15-27-48(63)43-19-6-3-7-20-43/h2-39H,40-41H2,1H3. The number of hydrogen-bond acceptors (Lipinski definition) is 6. The molecule has 0 amide bonds. The first-order chi connectivity index (χ1) is 35.6. The second kappa shape index (κ2) is 15.7. The number of ether oxygens (including phenoxy) is 1. The fraction of sp³-hybridized carbons (Fsp3) is 0.0469. The molecule has 0 radical (unpaired) electrons. The third kappa shape index (κ3) is 6.02. The maximum absolute atomic E-state index is 6.96. The summed E-state index contributed by atoms with van der Waals surface area (Å²) in [5.41, 5.74) is 19.8. The van der Waals surface area contributed by atoms with E-state index in [1.54, 1.807) is 0 Å². The number of benzene rings is 10. The molecule has 3 aliphatic rings. The van der Waals surface area contributed by atoms with Crippen molar-refractivity contribution < 1.29 is 4.74 Å². The summed E-state index contributed by atoms with van der Waals surface area (Å²) in [6.45, 7) is 1.22. The van der Waals surface area contributed by atoms with Crippen molar-refractivity contribution in [1.82, 2.24) is 14.1 Å². The predicted molar refractivity (Wildman–Crippen MR) is 297 cm³/mol. The molecule has 342 valence electrons. The normalized spacial score (nSPS) is 13.6. The van der Waals surface area contributed by atoms with Crippen LogP contribution in [-0.2, 0) is 0 Å². The van der Waals surface area contributed by atoms with Crippen LogP contribution in [0.2, 0.25) is 0 Å². The average Bonchev–Trinajstić information content (AvgIpc) is 4.20. The van der Waals surface area contributed by atoms with Gasteiger partial charge in [0, 0.05) is 68.7 Å². The van der Waals surface area contributed by atoms with Crippen LogP contribution in [0.3, 0.4) is 0 Å². The molecule has 12 aromatic rings. The molecule has 8 heteroatoms. The molecular weight excluding hydrogens is 883 g/mol. The van der Waals surface area contributed by atoms with Gasteiger partial charge in [0.25, 0.3) is 0 Å². The number of hydrazone groups is 1. The molecule has 2 aromatic heterocycles. The minimum Gasteiger partial charge on any atom is -0.457 e. The summed E-state index contributed by atoms with van der Waals surface area (Å²) >= 11 is 0. The minimum atomic E-state index is 0.602. The first-order valence-corrected chi connectivity index (χ1v) is 24.6. The zero-order chi connectivity index (χ0) is 47.4. The lowest BCUT2D eigenvalue weighted by Gasteiger charge is -2.27. The van der Waals surface area contributed by atoms with E-state index in [9.17, 15) is 0 Å². The number of aromatic nitrogens is 2. The van der Waals surface area contributed by atoms with E-state index in [2.05, 4.69) is 261 Å². The summed E-state index contributed by atoms with van der Waals surface area (Å²) in [5, 5.41) is 11.8. The first-order valence-electron chi connectivity index (χ1n) is 24.6. The molecule has 3 aliphatic heterocycles. The lowest BCUT2D eigenvalue weighted by Crippen LogP contribution is -2.31. The quantitative estimate of drug-likeness (QED) is 0.159. The minimum absolute atomic E-state index is 0.602. The van der Waals surface area contributed by atoms with Crippen LogP contribution in [0, 0.1) is 0 Å². The van der Waals surface area contributed by atoms with Crippen molar-refractivity contribution in [1.29, 1.82) is 0 Å². The second-order valence-electron chi connectivity index (χ2n) is 19.0. The highest BCUT2D eigenvalue weighted by Crippen LogP contribution is 2.53. The number of anilines is 4. The highest BCUT2D eigenvalue weighted by atomic mass is 16.5. The Labute approximate surface area is 416 Å². The van der Waals surface area contributed by atoms with Crippen LogP contribution in [0.15, 0.2) is 230 Å². The summed E-state index contributed by atoms with van der Waals surface area (Å²) in [6.07, 6.45) is 1.89. The molecule has 0 saturated heterocycles. The van der Waals surface area contributed by atoms with E-state index in [1.165, 1.54) is 77.4 Å². The molecule has 0 unspecified atom stereocenters.